The Morgan fingerprint density at radius 3 is 2.50 bits per heavy atom. The molecule has 0 aliphatic rings. The summed E-state index contributed by atoms with van der Waals surface area (Å²) in [5.41, 5.74) is 0.472. The second-order valence-corrected chi connectivity index (χ2v) is 4.91. The predicted molar refractivity (Wildman–Crippen MR) is 67.1 cm³/mol. The van der Waals surface area contributed by atoms with Crippen LogP contribution in [0.25, 0.3) is 11.5 Å². The van der Waals surface area contributed by atoms with Gasteiger partial charge in [-0.15, -0.1) is 0 Å². The number of hydrogen-bond acceptors (Lipinski definition) is 4. The van der Waals surface area contributed by atoms with Crippen LogP contribution >= 0.6 is 0 Å². The van der Waals surface area contributed by atoms with Gasteiger partial charge >= 0.3 is 5.97 Å². The number of ether oxygens (including phenoxy) is 1. The SMILES string of the molecule is CC(C)(C)OC(=O)c1coc(-c2ccccc2)n1. The van der Waals surface area contributed by atoms with E-state index < -0.39 is 11.6 Å². The lowest BCUT2D eigenvalue weighted by atomic mass is 10.2. The minimum absolute atomic E-state index is 0.184. The summed E-state index contributed by atoms with van der Waals surface area (Å²) in [5.74, 6) is -0.0649. The van der Waals surface area contributed by atoms with Gasteiger partial charge in [0.1, 0.15) is 11.9 Å². The Morgan fingerprint density at radius 1 is 1.22 bits per heavy atom. The summed E-state index contributed by atoms with van der Waals surface area (Å²) in [6.45, 7) is 5.43. The monoisotopic (exact) mass is 245 g/mol. The molecule has 0 radical (unpaired) electrons. The molecule has 0 unspecified atom stereocenters. The zero-order valence-corrected chi connectivity index (χ0v) is 10.6. The van der Waals surface area contributed by atoms with E-state index in [9.17, 15) is 4.79 Å². The fourth-order valence-corrected chi connectivity index (χ4v) is 1.41. The van der Waals surface area contributed by atoms with Gasteiger partial charge in [0.05, 0.1) is 0 Å². The fraction of sp³-hybridized carbons (Fsp3) is 0.286. The molecule has 0 saturated heterocycles. The molecular formula is C14H15NO3. The van der Waals surface area contributed by atoms with E-state index in [0.717, 1.165) is 5.56 Å². The number of hydrogen-bond donors (Lipinski definition) is 0. The zero-order chi connectivity index (χ0) is 13.2. The van der Waals surface area contributed by atoms with Crippen molar-refractivity contribution in [2.24, 2.45) is 0 Å². The average Bonchev–Trinajstić information content (AvgIpc) is 2.77. The third-order valence-corrected chi connectivity index (χ3v) is 2.13. The molecule has 1 heterocycles. The summed E-state index contributed by atoms with van der Waals surface area (Å²) in [7, 11) is 0. The smallest absolute Gasteiger partial charge is 0.360 e. The maximum Gasteiger partial charge on any atom is 0.360 e. The lowest BCUT2D eigenvalue weighted by molar-refractivity contribution is 0.00629. The molecule has 0 spiro atoms. The Labute approximate surface area is 106 Å². The predicted octanol–water partition coefficient (Wildman–Crippen LogP) is 3.30. The van der Waals surface area contributed by atoms with Gasteiger partial charge in [-0.2, -0.15) is 0 Å². The third kappa shape index (κ3) is 2.97. The van der Waals surface area contributed by atoms with Crippen molar-refractivity contribution in [3.63, 3.8) is 0 Å². The second kappa shape index (κ2) is 4.64. The van der Waals surface area contributed by atoms with E-state index in [1.54, 1.807) is 0 Å². The Kier molecular flexibility index (Phi) is 3.19. The molecule has 0 fully saturated rings. The molecule has 0 saturated carbocycles. The summed E-state index contributed by atoms with van der Waals surface area (Å²) in [6, 6.07) is 9.40. The van der Waals surface area contributed by atoms with Gasteiger partial charge in [-0.05, 0) is 32.9 Å². The van der Waals surface area contributed by atoms with Crippen LogP contribution in [0.1, 0.15) is 31.3 Å². The molecule has 2 aromatic rings. The number of esters is 1. The molecule has 4 heteroatoms. The molecule has 0 bridgehead atoms. The summed E-state index contributed by atoms with van der Waals surface area (Å²) in [6.07, 6.45) is 1.32. The highest BCUT2D eigenvalue weighted by molar-refractivity contribution is 5.87. The van der Waals surface area contributed by atoms with E-state index in [0.29, 0.717) is 5.89 Å². The number of oxazole rings is 1. The van der Waals surface area contributed by atoms with Crippen molar-refractivity contribution < 1.29 is 13.9 Å². The highest BCUT2D eigenvalue weighted by atomic mass is 16.6. The van der Waals surface area contributed by atoms with E-state index in [4.69, 9.17) is 9.15 Å². The number of aromatic nitrogens is 1. The van der Waals surface area contributed by atoms with Crippen molar-refractivity contribution in [1.29, 1.82) is 0 Å². The number of carbonyl (C=O) groups is 1. The molecule has 0 amide bonds. The molecule has 94 valence electrons. The van der Waals surface area contributed by atoms with Crippen LogP contribution in [-0.4, -0.2) is 16.6 Å². The minimum Gasteiger partial charge on any atom is -0.455 e. The first-order chi connectivity index (χ1) is 8.46. The summed E-state index contributed by atoms with van der Waals surface area (Å²) < 4.78 is 10.5. The van der Waals surface area contributed by atoms with Crippen LogP contribution in [0.2, 0.25) is 0 Å². The van der Waals surface area contributed by atoms with E-state index in [1.807, 2.05) is 51.1 Å². The molecule has 1 aromatic carbocycles. The molecule has 0 N–H and O–H groups in total. The van der Waals surface area contributed by atoms with Gasteiger partial charge in [0.15, 0.2) is 5.69 Å². The normalized spacial score (nSPS) is 11.3. The van der Waals surface area contributed by atoms with Crippen LogP contribution < -0.4 is 0 Å². The molecule has 2 rings (SSSR count). The first-order valence-corrected chi connectivity index (χ1v) is 5.70. The Hall–Kier alpha value is -2.10. The standard InChI is InChI=1S/C14H15NO3/c1-14(2,3)18-13(16)11-9-17-12(15-11)10-7-5-4-6-8-10/h4-9H,1-3H3. The van der Waals surface area contributed by atoms with Crippen molar-refractivity contribution in [2.45, 2.75) is 26.4 Å². The van der Waals surface area contributed by atoms with Gasteiger partial charge in [0.25, 0.3) is 0 Å². The van der Waals surface area contributed by atoms with Crippen LogP contribution in [0.15, 0.2) is 41.0 Å². The molecule has 1 aromatic heterocycles. The van der Waals surface area contributed by atoms with Gasteiger partial charge in [0, 0.05) is 5.56 Å². The summed E-state index contributed by atoms with van der Waals surface area (Å²) >= 11 is 0. The van der Waals surface area contributed by atoms with Gasteiger partial charge in [-0.1, -0.05) is 18.2 Å². The van der Waals surface area contributed by atoms with Crippen LogP contribution in [0, 0.1) is 0 Å². The van der Waals surface area contributed by atoms with Crippen LogP contribution in [-0.2, 0) is 4.74 Å². The second-order valence-electron chi connectivity index (χ2n) is 4.91. The minimum atomic E-state index is -0.539. The molecular weight excluding hydrogens is 230 g/mol. The topological polar surface area (TPSA) is 52.3 Å². The lowest BCUT2D eigenvalue weighted by Gasteiger charge is -2.18. The number of carbonyl (C=O) groups excluding carboxylic acids is 1. The molecule has 0 aliphatic carbocycles. The number of rotatable bonds is 2. The summed E-state index contributed by atoms with van der Waals surface area (Å²) in [4.78, 5) is 15.9. The number of nitrogens with zero attached hydrogens (tertiary/aromatic N) is 1. The first kappa shape index (κ1) is 12.4. The molecule has 18 heavy (non-hydrogen) atoms. The van der Waals surface area contributed by atoms with Gasteiger partial charge in [-0.25, -0.2) is 9.78 Å². The maximum atomic E-state index is 11.8. The quantitative estimate of drug-likeness (QED) is 0.762. The van der Waals surface area contributed by atoms with Crippen molar-refractivity contribution >= 4 is 5.97 Å². The Morgan fingerprint density at radius 2 is 1.89 bits per heavy atom. The highest BCUT2D eigenvalue weighted by Gasteiger charge is 2.21. The average molecular weight is 245 g/mol. The van der Waals surface area contributed by atoms with Gasteiger partial charge in [0.2, 0.25) is 5.89 Å². The van der Waals surface area contributed by atoms with E-state index >= 15 is 0 Å². The van der Waals surface area contributed by atoms with Gasteiger partial charge < -0.3 is 9.15 Å². The van der Waals surface area contributed by atoms with Gasteiger partial charge in [-0.3, -0.25) is 0 Å². The Bertz CT molecular complexity index is 538. The maximum absolute atomic E-state index is 11.8. The van der Waals surface area contributed by atoms with Crippen molar-refractivity contribution in [2.75, 3.05) is 0 Å². The molecule has 0 aliphatic heterocycles. The van der Waals surface area contributed by atoms with Crippen LogP contribution in [0.3, 0.4) is 0 Å². The van der Waals surface area contributed by atoms with E-state index in [-0.39, 0.29) is 5.69 Å². The molecule has 0 atom stereocenters. The number of benzene rings is 1. The lowest BCUT2D eigenvalue weighted by Crippen LogP contribution is -2.24. The zero-order valence-electron chi connectivity index (χ0n) is 10.6. The summed E-state index contributed by atoms with van der Waals surface area (Å²) in [5, 5.41) is 0. The van der Waals surface area contributed by atoms with E-state index in [1.165, 1.54) is 6.26 Å². The highest BCUT2D eigenvalue weighted by Crippen LogP contribution is 2.19. The van der Waals surface area contributed by atoms with Crippen molar-refractivity contribution in [1.82, 2.24) is 4.98 Å². The third-order valence-electron chi connectivity index (χ3n) is 2.13. The first-order valence-electron chi connectivity index (χ1n) is 5.70. The largest absolute Gasteiger partial charge is 0.455 e. The van der Waals surface area contributed by atoms with Crippen LogP contribution in [0.4, 0.5) is 0 Å². The fourth-order valence-electron chi connectivity index (χ4n) is 1.41. The van der Waals surface area contributed by atoms with E-state index in [2.05, 4.69) is 4.98 Å². The van der Waals surface area contributed by atoms with Crippen LogP contribution in [0.5, 0.6) is 0 Å². The Balaban J connectivity index is 2.19. The van der Waals surface area contributed by atoms with Crippen molar-refractivity contribution in [3.05, 3.63) is 42.3 Å². The van der Waals surface area contributed by atoms with Crippen molar-refractivity contribution in [3.8, 4) is 11.5 Å². The molecule has 4 nitrogen and oxygen atoms in total.